The number of benzene rings is 2. The van der Waals surface area contributed by atoms with Gasteiger partial charge < -0.3 is 10.1 Å². The minimum atomic E-state index is -4.60. The van der Waals surface area contributed by atoms with Crippen LogP contribution in [0.25, 0.3) is 0 Å². The molecule has 0 atom stereocenters. The van der Waals surface area contributed by atoms with Crippen molar-refractivity contribution in [3.63, 3.8) is 0 Å². The second-order valence-corrected chi connectivity index (χ2v) is 7.82. The van der Waals surface area contributed by atoms with Crippen LogP contribution in [0.4, 0.5) is 18.9 Å². The van der Waals surface area contributed by atoms with Gasteiger partial charge in [-0.2, -0.15) is 13.2 Å². The van der Waals surface area contributed by atoms with Crippen LogP contribution < -0.4 is 10.1 Å². The molecule has 29 heavy (non-hydrogen) atoms. The second-order valence-electron chi connectivity index (χ2n) is 6.50. The number of carbonyl (C=O) groups excluding carboxylic acids is 1. The molecule has 3 rings (SSSR count). The monoisotopic (exact) mass is 439 g/mol. The van der Waals surface area contributed by atoms with Crippen molar-refractivity contribution in [3.05, 3.63) is 80.0 Å². The predicted octanol–water partition coefficient (Wildman–Crippen LogP) is 6.87. The maximum absolute atomic E-state index is 13.0. The Morgan fingerprint density at radius 3 is 2.55 bits per heavy atom. The zero-order chi connectivity index (χ0) is 21.2. The molecule has 3 nitrogen and oxygen atoms in total. The van der Waals surface area contributed by atoms with Gasteiger partial charge in [0.1, 0.15) is 12.4 Å². The summed E-state index contributed by atoms with van der Waals surface area (Å²) in [6.45, 7) is 4.29. The van der Waals surface area contributed by atoms with Crippen molar-refractivity contribution >= 4 is 34.5 Å². The first-order valence-corrected chi connectivity index (χ1v) is 9.85. The molecule has 152 valence electrons. The van der Waals surface area contributed by atoms with Crippen LogP contribution in [0.3, 0.4) is 0 Å². The van der Waals surface area contributed by atoms with Crippen LogP contribution in [0, 0.1) is 13.8 Å². The third-order valence-electron chi connectivity index (χ3n) is 4.29. The molecule has 3 aromatic rings. The van der Waals surface area contributed by atoms with Gasteiger partial charge in [-0.1, -0.05) is 17.7 Å². The number of aryl methyl sites for hydroxylation is 2. The average Bonchev–Trinajstić information content (AvgIpc) is 3.12. The Morgan fingerprint density at radius 2 is 1.86 bits per heavy atom. The molecule has 1 aromatic heterocycles. The lowest BCUT2D eigenvalue weighted by molar-refractivity contribution is -0.137. The molecule has 2 aromatic carbocycles. The summed E-state index contributed by atoms with van der Waals surface area (Å²) in [6.07, 6.45) is -4.60. The summed E-state index contributed by atoms with van der Waals surface area (Å²) < 4.78 is 44.6. The number of anilines is 1. The van der Waals surface area contributed by atoms with Gasteiger partial charge in [0, 0.05) is 11.3 Å². The number of nitrogens with one attached hydrogen (secondary N) is 1. The van der Waals surface area contributed by atoms with Crippen LogP contribution in [0.1, 0.15) is 31.9 Å². The molecule has 8 heteroatoms. The second kappa shape index (κ2) is 8.47. The van der Waals surface area contributed by atoms with Crippen molar-refractivity contribution in [3.8, 4) is 5.75 Å². The number of halogens is 4. The van der Waals surface area contributed by atoms with E-state index in [1.54, 1.807) is 11.4 Å². The predicted molar refractivity (Wildman–Crippen MR) is 109 cm³/mol. The average molecular weight is 440 g/mol. The van der Waals surface area contributed by atoms with Crippen LogP contribution in [-0.4, -0.2) is 5.91 Å². The van der Waals surface area contributed by atoms with E-state index in [-0.39, 0.29) is 12.3 Å². The van der Waals surface area contributed by atoms with Gasteiger partial charge in [0.05, 0.1) is 15.5 Å². The third kappa shape index (κ3) is 5.31. The molecule has 0 saturated heterocycles. The molecule has 0 aliphatic carbocycles. The maximum atomic E-state index is 13.0. The van der Waals surface area contributed by atoms with Crippen LogP contribution in [0.15, 0.2) is 47.8 Å². The zero-order valence-electron chi connectivity index (χ0n) is 15.6. The SMILES string of the molecule is Cc1ccc(OCc2csc(C(=O)Nc3ccc(Cl)c(C(F)(F)F)c3)c2)cc1C. The summed E-state index contributed by atoms with van der Waals surface area (Å²) in [7, 11) is 0. The topological polar surface area (TPSA) is 38.3 Å². The quantitative estimate of drug-likeness (QED) is 0.471. The smallest absolute Gasteiger partial charge is 0.417 e. The molecule has 0 fully saturated rings. The lowest BCUT2D eigenvalue weighted by atomic mass is 10.1. The van der Waals surface area contributed by atoms with Gasteiger partial charge in [-0.25, -0.2) is 0 Å². The van der Waals surface area contributed by atoms with Gasteiger partial charge in [-0.15, -0.1) is 11.3 Å². The number of carbonyl (C=O) groups is 1. The van der Waals surface area contributed by atoms with E-state index in [0.29, 0.717) is 4.88 Å². The summed E-state index contributed by atoms with van der Waals surface area (Å²) in [5.41, 5.74) is 2.11. The van der Waals surface area contributed by atoms with E-state index in [0.717, 1.165) is 29.0 Å². The van der Waals surface area contributed by atoms with Gasteiger partial charge in [0.25, 0.3) is 5.91 Å². The summed E-state index contributed by atoms with van der Waals surface area (Å²) in [6, 6.07) is 10.7. The van der Waals surface area contributed by atoms with Gasteiger partial charge in [-0.05, 0) is 66.8 Å². The Labute approximate surface area is 175 Å². The van der Waals surface area contributed by atoms with Crippen molar-refractivity contribution in [2.45, 2.75) is 26.6 Å². The molecule has 1 heterocycles. The van der Waals surface area contributed by atoms with E-state index in [1.165, 1.54) is 23.0 Å². The molecule has 0 unspecified atom stereocenters. The summed E-state index contributed by atoms with van der Waals surface area (Å²) >= 11 is 6.79. The van der Waals surface area contributed by atoms with E-state index in [9.17, 15) is 18.0 Å². The maximum Gasteiger partial charge on any atom is 0.417 e. The Morgan fingerprint density at radius 1 is 1.10 bits per heavy atom. The number of ether oxygens (including phenoxy) is 1. The van der Waals surface area contributed by atoms with Crippen molar-refractivity contribution in [1.29, 1.82) is 0 Å². The lowest BCUT2D eigenvalue weighted by Gasteiger charge is -2.11. The molecular formula is C21H17ClF3NO2S. The highest BCUT2D eigenvalue weighted by molar-refractivity contribution is 7.12. The first-order chi connectivity index (χ1) is 13.6. The van der Waals surface area contributed by atoms with Gasteiger partial charge >= 0.3 is 6.18 Å². The number of hydrogen-bond donors (Lipinski definition) is 1. The number of thiophene rings is 1. The van der Waals surface area contributed by atoms with Crippen LogP contribution >= 0.6 is 22.9 Å². The molecule has 0 aliphatic heterocycles. The molecule has 1 N–H and O–H groups in total. The van der Waals surface area contributed by atoms with E-state index in [2.05, 4.69) is 5.32 Å². The normalized spacial score (nSPS) is 11.4. The molecule has 0 bridgehead atoms. The molecule has 1 amide bonds. The highest BCUT2D eigenvalue weighted by Crippen LogP contribution is 2.36. The Hall–Kier alpha value is -2.51. The van der Waals surface area contributed by atoms with Gasteiger partial charge in [-0.3, -0.25) is 4.79 Å². The highest BCUT2D eigenvalue weighted by Gasteiger charge is 2.33. The van der Waals surface area contributed by atoms with Gasteiger partial charge in [0.15, 0.2) is 0 Å². The molecule has 0 spiro atoms. The third-order valence-corrected chi connectivity index (χ3v) is 5.60. The fraction of sp³-hybridized carbons (Fsp3) is 0.190. The Balaban J connectivity index is 1.65. The van der Waals surface area contributed by atoms with E-state index < -0.39 is 22.7 Å². The van der Waals surface area contributed by atoms with Gasteiger partial charge in [0.2, 0.25) is 0 Å². The van der Waals surface area contributed by atoms with Crippen molar-refractivity contribution < 1.29 is 22.7 Å². The summed E-state index contributed by atoms with van der Waals surface area (Å²) in [4.78, 5) is 12.7. The lowest BCUT2D eigenvalue weighted by Crippen LogP contribution is -2.12. The van der Waals surface area contributed by atoms with E-state index >= 15 is 0 Å². The van der Waals surface area contributed by atoms with E-state index in [1.807, 2.05) is 32.0 Å². The summed E-state index contributed by atoms with van der Waals surface area (Å²) in [5, 5.41) is 3.83. The number of alkyl halides is 3. The van der Waals surface area contributed by atoms with Crippen LogP contribution in [-0.2, 0) is 12.8 Å². The van der Waals surface area contributed by atoms with Crippen LogP contribution in [0.5, 0.6) is 5.75 Å². The first-order valence-electron chi connectivity index (χ1n) is 8.59. The molecule has 0 saturated carbocycles. The van der Waals surface area contributed by atoms with Crippen molar-refractivity contribution in [1.82, 2.24) is 0 Å². The highest BCUT2D eigenvalue weighted by atomic mass is 35.5. The fourth-order valence-electron chi connectivity index (χ4n) is 2.55. The summed E-state index contributed by atoms with van der Waals surface area (Å²) in [5.74, 6) is 0.231. The fourth-order valence-corrected chi connectivity index (χ4v) is 3.57. The Kier molecular flexibility index (Phi) is 6.19. The Bertz CT molecular complexity index is 1050. The first kappa shape index (κ1) is 21.2. The standard InChI is InChI=1S/C21H17ClF3NO2S/c1-12-3-5-16(7-13(12)2)28-10-14-8-19(29-11-14)20(27)26-15-4-6-18(22)17(9-15)21(23,24)25/h3-9,11H,10H2,1-2H3,(H,26,27). The van der Waals surface area contributed by atoms with Crippen LogP contribution in [0.2, 0.25) is 5.02 Å². The minimum absolute atomic E-state index is 0.0213. The zero-order valence-corrected chi connectivity index (χ0v) is 17.1. The molecule has 0 aliphatic rings. The minimum Gasteiger partial charge on any atom is -0.489 e. The molecular weight excluding hydrogens is 423 g/mol. The van der Waals surface area contributed by atoms with E-state index in [4.69, 9.17) is 16.3 Å². The molecule has 0 radical (unpaired) electrons. The van der Waals surface area contributed by atoms with Crippen molar-refractivity contribution in [2.24, 2.45) is 0 Å². The van der Waals surface area contributed by atoms with Crippen molar-refractivity contribution in [2.75, 3.05) is 5.32 Å². The number of rotatable bonds is 5. The number of hydrogen-bond acceptors (Lipinski definition) is 3. The number of amides is 1. The largest absolute Gasteiger partial charge is 0.489 e.